The van der Waals surface area contributed by atoms with Crippen molar-refractivity contribution in [2.45, 2.75) is 17.9 Å². The quantitative estimate of drug-likeness (QED) is 0.530. The number of anilines is 1. The molecule has 0 radical (unpaired) electrons. The van der Waals surface area contributed by atoms with E-state index in [0.717, 1.165) is 5.69 Å². The zero-order valence-corrected chi connectivity index (χ0v) is 19.7. The Kier molecular flexibility index (Phi) is 6.36. The largest absolute Gasteiger partial charge is 0.493 e. The standard InChI is InChI=1S/C24H26N4O5S/c1-31-21-9-5-6-10-22(21)33-23-19-17-28(34(29,30)18-7-3-2-4-8-18)12-11-20(19)25-24(26-23)27-13-15-32-16-14-27/h2-10H,11-17H2,1H3. The van der Waals surface area contributed by atoms with E-state index in [9.17, 15) is 8.42 Å². The summed E-state index contributed by atoms with van der Waals surface area (Å²) in [7, 11) is -2.09. The number of hydrogen-bond donors (Lipinski definition) is 0. The summed E-state index contributed by atoms with van der Waals surface area (Å²) in [4.78, 5) is 11.8. The molecule has 3 aromatic rings. The number of benzene rings is 2. The monoisotopic (exact) mass is 482 g/mol. The Morgan fingerprint density at radius 3 is 2.35 bits per heavy atom. The Labute approximate surface area is 199 Å². The molecule has 0 N–H and O–H groups in total. The van der Waals surface area contributed by atoms with Crippen molar-refractivity contribution in [2.24, 2.45) is 0 Å². The molecule has 1 aromatic heterocycles. The molecule has 0 unspecified atom stereocenters. The van der Waals surface area contributed by atoms with Gasteiger partial charge >= 0.3 is 0 Å². The average molecular weight is 483 g/mol. The number of nitrogens with zero attached hydrogens (tertiary/aromatic N) is 4. The van der Waals surface area contributed by atoms with Crippen LogP contribution >= 0.6 is 0 Å². The Morgan fingerprint density at radius 1 is 0.912 bits per heavy atom. The molecule has 0 atom stereocenters. The van der Waals surface area contributed by atoms with E-state index in [1.165, 1.54) is 4.31 Å². The summed E-state index contributed by atoms with van der Waals surface area (Å²) < 4.78 is 45.2. The van der Waals surface area contributed by atoms with Gasteiger partial charge in [0.25, 0.3) is 0 Å². The highest BCUT2D eigenvalue weighted by Crippen LogP contribution is 2.36. The average Bonchev–Trinajstić information content (AvgIpc) is 2.89. The highest BCUT2D eigenvalue weighted by Gasteiger charge is 2.32. The fourth-order valence-electron chi connectivity index (χ4n) is 4.09. The van der Waals surface area contributed by atoms with Crippen LogP contribution in [0.2, 0.25) is 0 Å². The maximum absolute atomic E-state index is 13.3. The summed E-state index contributed by atoms with van der Waals surface area (Å²) in [6, 6.07) is 15.8. The second-order valence-corrected chi connectivity index (χ2v) is 9.95. The Morgan fingerprint density at radius 2 is 1.62 bits per heavy atom. The summed E-state index contributed by atoms with van der Waals surface area (Å²) >= 11 is 0. The zero-order chi connectivity index (χ0) is 23.5. The Bertz CT molecular complexity index is 1260. The summed E-state index contributed by atoms with van der Waals surface area (Å²) in [5.41, 5.74) is 1.45. The van der Waals surface area contributed by atoms with Gasteiger partial charge in [0.1, 0.15) is 0 Å². The molecule has 0 aliphatic carbocycles. The number of ether oxygens (including phenoxy) is 3. The fourth-order valence-corrected chi connectivity index (χ4v) is 5.52. The number of para-hydroxylation sites is 2. The van der Waals surface area contributed by atoms with Crippen LogP contribution in [0.15, 0.2) is 59.5 Å². The molecule has 2 aliphatic heterocycles. The number of fused-ring (bicyclic) bond motifs is 1. The van der Waals surface area contributed by atoms with Gasteiger partial charge in [0.05, 0.1) is 36.5 Å². The minimum atomic E-state index is -3.67. The van der Waals surface area contributed by atoms with Gasteiger partial charge in [0.2, 0.25) is 21.9 Å². The first-order valence-corrected chi connectivity index (χ1v) is 12.6. The molecule has 1 saturated heterocycles. The van der Waals surface area contributed by atoms with Crippen LogP contribution in [0.5, 0.6) is 17.4 Å². The third kappa shape index (κ3) is 4.44. The molecule has 0 spiro atoms. The first-order chi connectivity index (χ1) is 16.6. The molecular weight excluding hydrogens is 456 g/mol. The lowest BCUT2D eigenvalue weighted by Gasteiger charge is -2.31. The van der Waals surface area contributed by atoms with Crippen molar-refractivity contribution in [3.8, 4) is 17.4 Å². The van der Waals surface area contributed by atoms with Crippen LogP contribution in [-0.4, -0.2) is 62.6 Å². The smallest absolute Gasteiger partial charge is 0.243 e. The second kappa shape index (κ2) is 9.57. The molecule has 0 saturated carbocycles. The van der Waals surface area contributed by atoms with Crippen molar-refractivity contribution in [3.63, 3.8) is 0 Å². The van der Waals surface area contributed by atoms with Crippen LogP contribution in [0.3, 0.4) is 0 Å². The van der Waals surface area contributed by atoms with E-state index < -0.39 is 10.0 Å². The fraction of sp³-hybridized carbons (Fsp3) is 0.333. The first-order valence-electron chi connectivity index (χ1n) is 11.1. The molecule has 9 nitrogen and oxygen atoms in total. The third-order valence-electron chi connectivity index (χ3n) is 5.93. The minimum Gasteiger partial charge on any atom is -0.493 e. The molecule has 1 fully saturated rings. The molecule has 34 heavy (non-hydrogen) atoms. The van der Waals surface area contributed by atoms with Crippen molar-refractivity contribution >= 4 is 16.0 Å². The van der Waals surface area contributed by atoms with Crippen LogP contribution < -0.4 is 14.4 Å². The van der Waals surface area contributed by atoms with E-state index in [-0.39, 0.29) is 11.4 Å². The lowest BCUT2D eigenvalue weighted by atomic mass is 10.1. The third-order valence-corrected chi connectivity index (χ3v) is 7.79. The van der Waals surface area contributed by atoms with Crippen LogP contribution in [0, 0.1) is 0 Å². The second-order valence-electron chi connectivity index (χ2n) is 8.01. The zero-order valence-electron chi connectivity index (χ0n) is 18.9. The molecule has 0 bridgehead atoms. The highest BCUT2D eigenvalue weighted by atomic mass is 32.2. The van der Waals surface area contributed by atoms with Crippen LogP contribution in [-0.2, 0) is 27.7 Å². The van der Waals surface area contributed by atoms with E-state index in [1.807, 2.05) is 12.1 Å². The summed E-state index contributed by atoms with van der Waals surface area (Å²) in [5, 5.41) is 0. The number of methoxy groups -OCH3 is 1. The lowest BCUT2D eigenvalue weighted by Crippen LogP contribution is -2.39. The molecule has 3 heterocycles. The van der Waals surface area contributed by atoms with Gasteiger partial charge in [-0.25, -0.2) is 13.4 Å². The summed E-state index contributed by atoms with van der Waals surface area (Å²) in [6.07, 6.45) is 0.462. The number of sulfonamides is 1. The van der Waals surface area contributed by atoms with E-state index in [0.29, 0.717) is 68.2 Å². The Balaban J connectivity index is 1.54. The van der Waals surface area contributed by atoms with Gasteiger partial charge in [-0.2, -0.15) is 9.29 Å². The normalized spacial score (nSPS) is 16.7. The highest BCUT2D eigenvalue weighted by molar-refractivity contribution is 7.89. The Hall–Kier alpha value is -3.21. The summed E-state index contributed by atoms with van der Waals surface area (Å²) in [6.45, 7) is 3.03. The number of hydrogen-bond acceptors (Lipinski definition) is 8. The molecular formula is C24H26N4O5S. The van der Waals surface area contributed by atoms with Crippen LogP contribution in [0.4, 0.5) is 5.95 Å². The molecule has 2 aromatic carbocycles. The maximum Gasteiger partial charge on any atom is 0.243 e. The van der Waals surface area contributed by atoms with Gasteiger partial charge in [0.15, 0.2) is 11.5 Å². The van der Waals surface area contributed by atoms with Crippen molar-refractivity contribution in [3.05, 3.63) is 65.9 Å². The summed E-state index contributed by atoms with van der Waals surface area (Å²) in [5.74, 6) is 1.96. The number of aromatic nitrogens is 2. The van der Waals surface area contributed by atoms with Crippen molar-refractivity contribution in [2.75, 3.05) is 44.9 Å². The van der Waals surface area contributed by atoms with Crippen molar-refractivity contribution < 1.29 is 22.6 Å². The predicted molar refractivity (Wildman–Crippen MR) is 126 cm³/mol. The molecule has 5 rings (SSSR count). The lowest BCUT2D eigenvalue weighted by molar-refractivity contribution is 0.122. The van der Waals surface area contributed by atoms with Crippen LogP contribution in [0.1, 0.15) is 11.3 Å². The van der Waals surface area contributed by atoms with Gasteiger partial charge in [-0.1, -0.05) is 30.3 Å². The van der Waals surface area contributed by atoms with Gasteiger partial charge in [-0.3, -0.25) is 0 Å². The first kappa shape index (κ1) is 22.6. The van der Waals surface area contributed by atoms with Gasteiger partial charge in [0, 0.05) is 32.6 Å². The van der Waals surface area contributed by atoms with Gasteiger partial charge in [-0.05, 0) is 24.3 Å². The van der Waals surface area contributed by atoms with Crippen LogP contribution in [0.25, 0.3) is 0 Å². The number of morpholine rings is 1. The molecule has 2 aliphatic rings. The molecule has 178 valence electrons. The maximum atomic E-state index is 13.3. The van der Waals surface area contributed by atoms with E-state index >= 15 is 0 Å². The molecule has 10 heteroatoms. The van der Waals surface area contributed by atoms with Gasteiger partial charge in [-0.15, -0.1) is 0 Å². The number of rotatable bonds is 6. The molecule has 0 amide bonds. The van der Waals surface area contributed by atoms with E-state index in [4.69, 9.17) is 24.2 Å². The van der Waals surface area contributed by atoms with Crippen molar-refractivity contribution in [1.29, 1.82) is 0 Å². The SMILES string of the molecule is COc1ccccc1Oc1nc(N2CCOCC2)nc2c1CN(S(=O)(=O)c1ccccc1)CC2. The predicted octanol–water partition coefficient (Wildman–Crippen LogP) is 2.86. The van der Waals surface area contributed by atoms with Crippen molar-refractivity contribution in [1.82, 2.24) is 14.3 Å². The van der Waals surface area contributed by atoms with E-state index in [2.05, 4.69) is 4.90 Å². The topological polar surface area (TPSA) is 94.1 Å². The van der Waals surface area contributed by atoms with E-state index in [1.54, 1.807) is 49.6 Å². The van der Waals surface area contributed by atoms with Gasteiger partial charge < -0.3 is 19.1 Å². The minimum absolute atomic E-state index is 0.125.